The number of amidine groups is 1. The molecule has 2 aliphatic rings. The highest BCUT2D eigenvalue weighted by molar-refractivity contribution is 5.98. The number of carbonyl (C=O) groups excluding carboxylic acids is 2. The molecule has 3 aromatic rings. The van der Waals surface area contributed by atoms with E-state index in [0.717, 1.165) is 4.73 Å². The average molecular weight is 492 g/mol. The molecule has 4 bridgehead atoms. The van der Waals surface area contributed by atoms with Gasteiger partial charge in [0.05, 0.1) is 6.10 Å². The Hall–Kier alpha value is -4.80. The van der Waals surface area contributed by atoms with E-state index in [0.29, 0.717) is 34.1 Å². The molecule has 2 aliphatic heterocycles. The Balaban J connectivity index is 1.64. The van der Waals surface area contributed by atoms with E-state index in [9.17, 15) is 14.8 Å². The van der Waals surface area contributed by atoms with Gasteiger partial charge in [-0.1, -0.05) is 6.07 Å². The fourth-order valence-electron chi connectivity index (χ4n) is 3.50. The van der Waals surface area contributed by atoms with Gasteiger partial charge in [-0.3, -0.25) is 25.6 Å². The lowest BCUT2D eigenvalue weighted by molar-refractivity contribution is -0.904. The third kappa shape index (κ3) is 5.81. The Bertz CT molecular complexity index is 1290. The smallest absolute Gasteiger partial charge is 0.275 e. The molecule has 6 N–H and O–H groups in total. The molecule has 1 unspecified atom stereocenters. The van der Waals surface area contributed by atoms with Crippen LogP contribution in [0.4, 0.5) is 5.69 Å². The summed E-state index contributed by atoms with van der Waals surface area (Å²) in [7, 11) is 0. The van der Waals surface area contributed by atoms with Gasteiger partial charge in [-0.15, -0.1) is 0 Å². The number of aliphatic imine (C=N–C) groups is 1. The van der Waals surface area contributed by atoms with Crippen molar-refractivity contribution in [2.75, 3.05) is 12.0 Å². The second-order valence-electron chi connectivity index (χ2n) is 8.26. The molecule has 0 fully saturated rings. The van der Waals surface area contributed by atoms with Crippen molar-refractivity contribution in [3.63, 3.8) is 0 Å². The molecular formula is C25H27N6O5+. The van der Waals surface area contributed by atoms with Crippen molar-refractivity contribution in [2.24, 2.45) is 10.7 Å². The molecule has 1 atom stereocenters. The topological polar surface area (TPSA) is 151 Å². The number of carbonyl (C=O) groups is 2. The lowest BCUT2D eigenvalue weighted by Crippen LogP contribution is -2.46. The van der Waals surface area contributed by atoms with Crippen LogP contribution in [0.3, 0.4) is 0 Å². The third-order valence-electron chi connectivity index (χ3n) is 5.22. The summed E-state index contributed by atoms with van der Waals surface area (Å²) in [6.45, 7) is 3.74. The highest BCUT2D eigenvalue weighted by Crippen LogP contribution is 2.33. The van der Waals surface area contributed by atoms with Crippen LogP contribution in [-0.2, 0) is 4.79 Å². The van der Waals surface area contributed by atoms with Gasteiger partial charge in [0, 0.05) is 22.0 Å². The first-order valence-electron chi connectivity index (χ1n) is 11.2. The van der Waals surface area contributed by atoms with Crippen LogP contribution >= 0.6 is 0 Å². The molecule has 2 aromatic carbocycles. The summed E-state index contributed by atoms with van der Waals surface area (Å²) in [5, 5.41) is 12.7. The summed E-state index contributed by atoms with van der Waals surface area (Å²) >= 11 is 0. The minimum absolute atomic E-state index is 0.0478. The number of hydrogen-bond donors (Lipinski definition) is 5. The van der Waals surface area contributed by atoms with Gasteiger partial charge in [0.25, 0.3) is 11.8 Å². The van der Waals surface area contributed by atoms with Crippen LogP contribution in [0.25, 0.3) is 0 Å². The summed E-state index contributed by atoms with van der Waals surface area (Å²) in [6.07, 6.45) is 2.47. The summed E-state index contributed by atoms with van der Waals surface area (Å²) in [6, 6.07) is 14.3. The van der Waals surface area contributed by atoms with E-state index in [1.165, 1.54) is 24.5 Å². The Morgan fingerprint density at radius 2 is 1.97 bits per heavy atom. The number of hydrogen-bond acceptors (Lipinski definition) is 8. The van der Waals surface area contributed by atoms with E-state index in [2.05, 4.69) is 21.2 Å². The molecule has 2 amide bonds. The van der Waals surface area contributed by atoms with Gasteiger partial charge in [0.2, 0.25) is 12.4 Å². The van der Waals surface area contributed by atoms with Crippen LogP contribution in [0.2, 0.25) is 0 Å². The molecule has 186 valence electrons. The van der Waals surface area contributed by atoms with Gasteiger partial charge < -0.3 is 20.5 Å². The highest BCUT2D eigenvalue weighted by atomic mass is 16.5. The zero-order valence-corrected chi connectivity index (χ0v) is 19.8. The Morgan fingerprint density at radius 3 is 2.69 bits per heavy atom. The SMILES string of the molecule is CC(C)Oc1ccc2cc1OC/N=C(/N)c1ccc(cc1)NC2C(=O)NNC(=O)c1ccc[n+](O)c1. The summed E-state index contributed by atoms with van der Waals surface area (Å²) < 4.78 is 12.4. The van der Waals surface area contributed by atoms with Crippen molar-refractivity contribution in [1.29, 1.82) is 0 Å². The molecule has 0 aliphatic carbocycles. The summed E-state index contributed by atoms with van der Waals surface area (Å²) in [4.78, 5) is 30.0. The number of fused-ring (bicyclic) bond motifs is 5. The van der Waals surface area contributed by atoms with E-state index in [1.54, 1.807) is 42.5 Å². The fraction of sp³-hybridized carbons (Fsp3) is 0.200. The maximum atomic E-state index is 13.3. The number of ether oxygens (including phenoxy) is 2. The normalized spacial score (nSPS) is 16.2. The maximum absolute atomic E-state index is 13.3. The lowest BCUT2D eigenvalue weighted by Gasteiger charge is -2.22. The number of pyridine rings is 1. The maximum Gasteiger partial charge on any atom is 0.275 e. The van der Waals surface area contributed by atoms with E-state index < -0.39 is 17.9 Å². The number of amides is 2. The zero-order chi connectivity index (χ0) is 25.7. The van der Waals surface area contributed by atoms with Crippen molar-refractivity contribution in [3.8, 4) is 11.5 Å². The van der Waals surface area contributed by atoms with Crippen LogP contribution in [0.1, 0.15) is 41.4 Å². The molecule has 1 aromatic heterocycles. The van der Waals surface area contributed by atoms with E-state index in [-0.39, 0.29) is 18.4 Å². The average Bonchev–Trinajstić information content (AvgIpc) is 2.87. The molecule has 0 saturated heterocycles. The largest absolute Gasteiger partial charge is 0.487 e. The molecule has 3 heterocycles. The van der Waals surface area contributed by atoms with Crippen molar-refractivity contribution in [1.82, 2.24) is 10.9 Å². The van der Waals surface area contributed by atoms with Crippen LogP contribution in [0.15, 0.2) is 72.0 Å². The molecule has 5 rings (SSSR count). The predicted molar refractivity (Wildman–Crippen MR) is 131 cm³/mol. The Labute approximate surface area is 207 Å². The number of rotatable bonds is 4. The molecule has 11 heteroatoms. The summed E-state index contributed by atoms with van der Waals surface area (Å²) in [5.41, 5.74) is 12.9. The van der Waals surface area contributed by atoms with Crippen molar-refractivity contribution < 1.29 is 29.0 Å². The molecule has 36 heavy (non-hydrogen) atoms. The molecule has 0 spiro atoms. The zero-order valence-electron chi connectivity index (χ0n) is 19.8. The van der Waals surface area contributed by atoms with E-state index in [4.69, 9.17) is 15.2 Å². The second kappa shape index (κ2) is 10.6. The molecular weight excluding hydrogens is 464 g/mol. The Kier molecular flexibility index (Phi) is 7.19. The van der Waals surface area contributed by atoms with Crippen molar-refractivity contribution in [2.45, 2.75) is 26.0 Å². The van der Waals surface area contributed by atoms with Gasteiger partial charge in [-0.2, -0.15) is 0 Å². The first kappa shape index (κ1) is 24.3. The number of anilines is 1. The Morgan fingerprint density at radius 1 is 1.19 bits per heavy atom. The second-order valence-corrected chi connectivity index (χ2v) is 8.26. The fourth-order valence-corrected chi connectivity index (χ4v) is 3.50. The molecule has 11 nitrogen and oxygen atoms in total. The van der Waals surface area contributed by atoms with Crippen molar-refractivity contribution in [3.05, 3.63) is 83.7 Å². The highest BCUT2D eigenvalue weighted by Gasteiger charge is 2.24. The number of nitrogens with one attached hydrogen (secondary N) is 3. The van der Waals surface area contributed by atoms with E-state index in [1.807, 2.05) is 13.8 Å². The van der Waals surface area contributed by atoms with Crippen LogP contribution in [0, 0.1) is 0 Å². The third-order valence-corrected chi connectivity index (χ3v) is 5.22. The minimum atomic E-state index is -0.913. The number of hydrazine groups is 1. The molecule has 0 saturated carbocycles. The van der Waals surface area contributed by atoms with Crippen LogP contribution < -0.4 is 36.1 Å². The molecule has 0 radical (unpaired) electrons. The van der Waals surface area contributed by atoms with Gasteiger partial charge in [-0.05, 0) is 61.9 Å². The lowest BCUT2D eigenvalue weighted by atomic mass is 10.0. The van der Waals surface area contributed by atoms with Gasteiger partial charge >= 0.3 is 0 Å². The van der Waals surface area contributed by atoms with E-state index >= 15 is 0 Å². The number of benzene rings is 2. The summed E-state index contributed by atoms with van der Waals surface area (Å²) in [5.74, 6) is 0.0595. The standard InChI is InChI=1S/C25H26N6O5/c1-15(2)36-20-10-7-17-12-21(20)35-14-27-23(26)16-5-8-19(9-6-16)28-22(17)25(33)30-29-24(32)18-4-3-11-31(34)13-18/h3-13,15,22H,14H2,1-2H3,(H5-,26,27,28,29,30,32,33,34)/p+1. The minimum Gasteiger partial charge on any atom is -0.487 e. The van der Waals surface area contributed by atoms with Gasteiger partial charge in [-0.25, -0.2) is 4.99 Å². The number of nitrogens with zero attached hydrogens (tertiary/aromatic N) is 2. The first-order valence-corrected chi connectivity index (χ1v) is 11.2. The predicted octanol–water partition coefficient (Wildman–Crippen LogP) is 1.67. The quantitative estimate of drug-likeness (QED) is 0.212. The van der Waals surface area contributed by atoms with Crippen LogP contribution in [0.5, 0.6) is 11.5 Å². The van der Waals surface area contributed by atoms with Gasteiger partial charge in [0.15, 0.2) is 18.2 Å². The number of aromatic nitrogens is 1. The number of nitrogens with two attached hydrogens (primary N) is 1. The first-order chi connectivity index (χ1) is 17.3. The monoisotopic (exact) mass is 491 g/mol. The van der Waals surface area contributed by atoms with Crippen LogP contribution in [-0.4, -0.2) is 35.7 Å². The van der Waals surface area contributed by atoms with Crippen molar-refractivity contribution >= 4 is 23.3 Å². The van der Waals surface area contributed by atoms with Gasteiger partial charge in [0.1, 0.15) is 17.4 Å².